The summed E-state index contributed by atoms with van der Waals surface area (Å²) in [5.74, 6) is 0.252. The molecule has 8 heteroatoms. The topological polar surface area (TPSA) is 85.1 Å². The minimum absolute atomic E-state index is 0.0361. The molecule has 0 aliphatic heterocycles. The number of hydrogen-bond acceptors (Lipinski definition) is 4. The molecular formula is C12H11BrClN3O2S. The van der Waals surface area contributed by atoms with E-state index >= 15 is 0 Å². The molecule has 1 aromatic carbocycles. The van der Waals surface area contributed by atoms with E-state index in [2.05, 4.69) is 25.6 Å². The fraction of sp³-hybridized carbons (Fsp3) is 0.0833. The van der Waals surface area contributed by atoms with Crippen LogP contribution >= 0.6 is 27.5 Å². The van der Waals surface area contributed by atoms with E-state index in [1.807, 2.05) is 0 Å². The predicted octanol–water partition coefficient (Wildman–Crippen LogP) is 3.19. The molecule has 1 aromatic heterocycles. The van der Waals surface area contributed by atoms with Gasteiger partial charge in [-0.15, -0.1) is 0 Å². The maximum absolute atomic E-state index is 12.3. The monoisotopic (exact) mass is 375 g/mol. The van der Waals surface area contributed by atoms with E-state index < -0.39 is 10.0 Å². The molecule has 5 nitrogen and oxygen atoms in total. The highest BCUT2D eigenvalue weighted by Gasteiger charge is 2.19. The molecular weight excluding hydrogens is 366 g/mol. The number of rotatable bonds is 3. The van der Waals surface area contributed by atoms with Crippen molar-refractivity contribution < 1.29 is 8.42 Å². The Labute approximate surface area is 130 Å². The molecule has 0 aliphatic carbocycles. The third kappa shape index (κ3) is 3.23. The Hall–Kier alpha value is -1.31. The van der Waals surface area contributed by atoms with Gasteiger partial charge in [-0.05, 0) is 52.7 Å². The number of nitrogens with zero attached hydrogens (tertiary/aromatic N) is 1. The van der Waals surface area contributed by atoms with Gasteiger partial charge in [0.05, 0.1) is 5.69 Å². The number of sulfonamides is 1. The van der Waals surface area contributed by atoms with Gasteiger partial charge < -0.3 is 5.73 Å². The SMILES string of the molecule is Cc1cc(Br)cnc1NS(=O)(=O)c1ccc(Cl)cc1N. The van der Waals surface area contributed by atoms with Crippen molar-refractivity contribution in [1.29, 1.82) is 0 Å². The fourth-order valence-electron chi connectivity index (χ4n) is 1.59. The Balaban J connectivity index is 2.41. The molecule has 20 heavy (non-hydrogen) atoms. The van der Waals surface area contributed by atoms with Crippen LogP contribution < -0.4 is 10.5 Å². The first-order chi connectivity index (χ1) is 9.29. The Morgan fingerprint density at radius 2 is 2.05 bits per heavy atom. The molecule has 0 fully saturated rings. The largest absolute Gasteiger partial charge is 0.398 e. The van der Waals surface area contributed by atoms with Crippen LogP contribution in [0.15, 0.2) is 39.8 Å². The first-order valence-electron chi connectivity index (χ1n) is 5.49. The Morgan fingerprint density at radius 3 is 2.65 bits per heavy atom. The first kappa shape index (κ1) is 15.1. The van der Waals surface area contributed by atoms with E-state index in [1.54, 1.807) is 13.0 Å². The summed E-state index contributed by atoms with van der Waals surface area (Å²) >= 11 is 9.02. The fourth-order valence-corrected chi connectivity index (χ4v) is 3.41. The van der Waals surface area contributed by atoms with Crippen molar-refractivity contribution in [2.75, 3.05) is 10.5 Å². The molecule has 2 aromatic rings. The van der Waals surface area contributed by atoms with E-state index in [9.17, 15) is 8.42 Å². The Bertz CT molecular complexity index is 765. The third-order valence-corrected chi connectivity index (χ3v) is 4.62. The number of aromatic nitrogens is 1. The molecule has 3 N–H and O–H groups in total. The van der Waals surface area contributed by atoms with Crippen molar-refractivity contribution in [2.45, 2.75) is 11.8 Å². The lowest BCUT2D eigenvalue weighted by molar-refractivity contribution is 0.601. The highest BCUT2D eigenvalue weighted by molar-refractivity contribution is 9.10. The molecule has 0 amide bonds. The summed E-state index contributed by atoms with van der Waals surface area (Å²) in [6, 6.07) is 5.97. The molecule has 0 bridgehead atoms. The standard InChI is InChI=1S/C12H11BrClN3O2S/c1-7-4-8(13)6-16-12(7)17-20(18,19)11-3-2-9(14)5-10(11)15/h2-6H,15H2,1H3,(H,16,17). The van der Waals surface area contributed by atoms with Crippen LogP contribution in [-0.2, 0) is 10.0 Å². The molecule has 0 atom stereocenters. The molecule has 0 aliphatic rings. The number of halogens is 2. The second kappa shape index (κ2) is 5.59. The average Bonchev–Trinajstić information content (AvgIpc) is 2.32. The number of pyridine rings is 1. The minimum atomic E-state index is -3.81. The van der Waals surface area contributed by atoms with Gasteiger partial charge in [-0.1, -0.05) is 11.6 Å². The number of hydrogen-bond donors (Lipinski definition) is 2. The molecule has 0 unspecified atom stereocenters. The van der Waals surface area contributed by atoms with Crippen LogP contribution in [0, 0.1) is 6.92 Å². The van der Waals surface area contributed by atoms with E-state index in [1.165, 1.54) is 24.4 Å². The van der Waals surface area contributed by atoms with Gasteiger partial charge in [0.2, 0.25) is 0 Å². The molecule has 0 saturated heterocycles. The van der Waals surface area contributed by atoms with Gasteiger partial charge in [-0.2, -0.15) is 0 Å². The summed E-state index contributed by atoms with van der Waals surface area (Å²) in [5, 5.41) is 0.374. The van der Waals surface area contributed by atoms with Crippen molar-refractivity contribution in [2.24, 2.45) is 0 Å². The van der Waals surface area contributed by atoms with Gasteiger partial charge in [0, 0.05) is 15.7 Å². The molecule has 2 rings (SSSR count). The zero-order valence-electron chi connectivity index (χ0n) is 10.4. The van der Waals surface area contributed by atoms with Crippen LogP contribution in [-0.4, -0.2) is 13.4 Å². The summed E-state index contributed by atoms with van der Waals surface area (Å²) in [6.45, 7) is 1.75. The van der Waals surface area contributed by atoms with Gasteiger partial charge in [-0.25, -0.2) is 13.4 Å². The minimum Gasteiger partial charge on any atom is -0.398 e. The molecule has 0 radical (unpaired) electrons. The lowest BCUT2D eigenvalue weighted by atomic mass is 10.3. The zero-order chi connectivity index (χ0) is 14.9. The van der Waals surface area contributed by atoms with Crippen LogP contribution in [0.1, 0.15) is 5.56 Å². The summed E-state index contributed by atoms with van der Waals surface area (Å²) in [7, 11) is -3.81. The van der Waals surface area contributed by atoms with Gasteiger partial charge in [0.1, 0.15) is 10.7 Å². The lowest BCUT2D eigenvalue weighted by Gasteiger charge is -2.11. The summed E-state index contributed by atoms with van der Waals surface area (Å²) in [4.78, 5) is 4.00. The second-order valence-electron chi connectivity index (χ2n) is 4.11. The van der Waals surface area contributed by atoms with E-state index in [4.69, 9.17) is 17.3 Å². The zero-order valence-corrected chi connectivity index (χ0v) is 13.6. The molecule has 1 heterocycles. The molecule has 0 spiro atoms. The number of nitrogens with one attached hydrogen (secondary N) is 1. The van der Waals surface area contributed by atoms with Crippen LogP contribution in [0.5, 0.6) is 0 Å². The van der Waals surface area contributed by atoms with Crippen LogP contribution in [0.25, 0.3) is 0 Å². The van der Waals surface area contributed by atoms with Crippen LogP contribution in [0.2, 0.25) is 5.02 Å². The Morgan fingerprint density at radius 1 is 1.35 bits per heavy atom. The van der Waals surface area contributed by atoms with Gasteiger partial charge in [0.15, 0.2) is 0 Å². The van der Waals surface area contributed by atoms with E-state index in [0.717, 1.165) is 4.47 Å². The van der Waals surface area contributed by atoms with Crippen molar-refractivity contribution >= 4 is 49.1 Å². The summed E-state index contributed by atoms with van der Waals surface area (Å²) in [6.07, 6.45) is 1.51. The summed E-state index contributed by atoms with van der Waals surface area (Å²) in [5.41, 5.74) is 6.47. The third-order valence-electron chi connectivity index (χ3n) is 2.54. The molecule has 106 valence electrons. The normalized spacial score (nSPS) is 11.3. The van der Waals surface area contributed by atoms with E-state index in [0.29, 0.717) is 10.6 Å². The number of benzene rings is 1. The maximum atomic E-state index is 12.3. The number of aryl methyl sites for hydroxylation is 1. The number of nitrogen functional groups attached to an aromatic ring is 1. The smallest absolute Gasteiger partial charge is 0.265 e. The average molecular weight is 377 g/mol. The van der Waals surface area contributed by atoms with Crippen LogP contribution in [0.3, 0.4) is 0 Å². The summed E-state index contributed by atoms with van der Waals surface area (Å²) < 4.78 is 27.7. The highest BCUT2D eigenvalue weighted by atomic mass is 79.9. The first-order valence-corrected chi connectivity index (χ1v) is 8.15. The Kier molecular flexibility index (Phi) is 4.22. The second-order valence-corrected chi connectivity index (χ2v) is 7.11. The van der Waals surface area contributed by atoms with Crippen molar-refractivity contribution in [3.8, 4) is 0 Å². The van der Waals surface area contributed by atoms with Gasteiger partial charge in [0.25, 0.3) is 10.0 Å². The number of anilines is 2. The molecule has 0 saturated carbocycles. The maximum Gasteiger partial charge on any atom is 0.265 e. The van der Waals surface area contributed by atoms with Crippen molar-refractivity contribution in [3.63, 3.8) is 0 Å². The quantitative estimate of drug-likeness (QED) is 0.806. The van der Waals surface area contributed by atoms with Crippen molar-refractivity contribution in [1.82, 2.24) is 4.98 Å². The number of nitrogens with two attached hydrogens (primary N) is 1. The van der Waals surface area contributed by atoms with Crippen LogP contribution in [0.4, 0.5) is 11.5 Å². The van der Waals surface area contributed by atoms with Gasteiger partial charge in [-0.3, -0.25) is 4.72 Å². The van der Waals surface area contributed by atoms with Gasteiger partial charge >= 0.3 is 0 Å². The van der Waals surface area contributed by atoms with E-state index in [-0.39, 0.29) is 16.4 Å². The predicted molar refractivity (Wildman–Crippen MR) is 83.3 cm³/mol. The highest BCUT2D eigenvalue weighted by Crippen LogP contribution is 2.25. The van der Waals surface area contributed by atoms with Crippen molar-refractivity contribution in [3.05, 3.63) is 45.5 Å². The lowest BCUT2D eigenvalue weighted by Crippen LogP contribution is -2.16.